The number of nitrogens with zero attached hydrogens (tertiary/aromatic N) is 1. The van der Waals surface area contributed by atoms with Crippen molar-refractivity contribution in [1.82, 2.24) is 3.97 Å². The average Bonchev–Trinajstić information content (AvgIpc) is 3.29. The molecule has 0 saturated heterocycles. The summed E-state index contributed by atoms with van der Waals surface area (Å²) in [6, 6.07) is 12.1. The molecule has 1 aromatic heterocycles. The van der Waals surface area contributed by atoms with Gasteiger partial charge in [0.15, 0.2) is 0 Å². The number of ether oxygens (including phenoxy) is 2. The molecule has 0 saturated carbocycles. The van der Waals surface area contributed by atoms with Crippen LogP contribution in [0.15, 0.2) is 53.6 Å². The molecule has 3 aromatic rings. The Labute approximate surface area is 222 Å². The van der Waals surface area contributed by atoms with Crippen molar-refractivity contribution >= 4 is 20.9 Å². The van der Waals surface area contributed by atoms with Gasteiger partial charge in [-0.05, 0) is 67.3 Å². The van der Waals surface area contributed by atoms with E-state index in [9.17, 15) is 8.42 Å². The zero-order chi connectivity index (χ0) is 26.5. The molecule has 0 aliphatic heterocycles. The van der Waals surface area contributed by atoms with E-state index in [1.54, 1.807) is 50.7 Å². The van der Waals surface area contributed by atoms with Gasteiger partial charge in [-0.1, -0.05) is 64.2 Å². The molecule has 204 valence electrons. The van der Waals surface area contributed by atoms with E-state index in [1.165, 1.54) is 55.3 Å². The molecule has 0 aliphatic carbocycles. The Kier molecular flexibility index (Phi) is 11.8. The SMILES string of the molecule is COc1ccc(S(=O)(=O)n2cc(CCCCCCCCCCCCCCO)c3cc(OC)ccc32)cc1. The summed E-state index contributed by atoms with van der Waals surface area (Å²) < 4.78 is 39.0. The van der Waals surface area contributed by atoms with Gasteiger partial charge < -0.3 is 14.6 Å². The van der Waals surface area contributed by atoms with Crippen LogP contribution in [0.4, 0.5) is 0 Å². The highest BCUT2D eigenvalue weighted by Crippen LogP contribution is 2.31. The molecule has 3 rings (SSSR count). The quantitative estimate of drug-likeness (QED) is 0.178. The molecule has 0 amide bonds. The van der Waals surface area contributed by atoms with Crippen molar-refractivity contribution in [1.29, 1.82) is 0 Å². The third kappa shape index (κ3) is 8.24. The minimum atomic E-state index is -3.74. The maximum atomic E-state index is 13.5. The fourth-order valence-corrected chi connectivity index (χ4v) is 6.22. The lowest BCUT2D eigenvalue weighted by Crippen LogP contribution is -2.11. The molecule has 0 spiro atoms. The van der Waals surface area contributed by atoms with E-state index >= 15 is 0 Å². The third-order valence-corrected chi connectivity index (χ3v) is 8.72. The van der Waals surface area contributed by atoms with Crippen LogP contribution in [0.3, 0.4) is 0 Å². The molecular formula is C30H43NO5S. The van der Waals surface area contributed by atoms with Gasteiger partial charge in [-0.25, -0.2) is 12.4 Å². The average molecular weight is 530 g/mol. The lowest BCUT2D eigenvalue weighted by Gasteiger charge is -2.09. The summed E-state index contributed by atoms with van der Waals surface area (Å²) >= 11 is 0. The summed E-state index contributed by atoms with van der Waals surface area (Å²) in [5.74, 6) is 1.35. The number of fused-ring (bicyclic) bond motifs is 1. The Hall–Kier alpha value is -2.51. The van der Waals surface area contributed by atoms with Gasteiger partial charge >= 0.3 is 0 Å². The Morgan fingerprint density at radius 2 is 1.22 bits per heavy atom. The van der Waals surface area contributed by atoms with E-state index in [0.717, 1.165) is 48.8 Å². The summed E-state index contributed by atoms with van der Waals surface area (Å²) in [5.41, 5.74) is 1.70. The number of unbranched alkanes of at least 4 members (excludes halogenated alkanes) is 11. The first-order valence-electron chi connectivity index (χ1n) is 13.7. The summed E-state index contributed by atoms with van der Waals surface area (Å²) in [4.78, 5) is 0.234. The van der Waals surface area contributed by atoms with E-state index in [0.29, 0.717) is 17.9 Å². The molecule has 0 atom stereocenters. The van der Waals surface area contributed by atoms with E-state index in [2.05, 4.69) is 0 Å². The Morgan fingerprint density at radius 3 is 1.76 bits per heavy atom. The number of aryl methyl sites for hydroxylation is 1. The van der Waals surface area contributed by atoms with Gasteiger partial charge in [0.05, 0.1) is 24.6 Å². The highest BCUT2D eigenvalue weighted by molar-refractivity contribution is 7.90. The third-order valence-electron chi connectivity index (χ3n) is 7.03. The predicted octanol–water partition coefficient (Wildman–Crippen LogP) is 7.11. The van der Waals surface area contributed by atoms with Crippen LogP contribution in [0.5, 0.6) is 11.5 Å². The normalized spacial score (nSPS) is 11.8. The molecule has 0 fully saturated rings. The minimum Gasteiger partial charge on any atom is -0.497 e. The molecule has 0 unspecified atom stereocenters. The second-order valence-electron chi connectivity index (χ2n) is 9.73. The van der Waals surface area contributed by atoms with Gasteiger partial charge in [0, 0.05) is 18.2 Å². The van der Waals surface area contributed by atoms with Crippen molar-refractivity contribution in [3.8, 4) is 11.5 Å². The summed E-state index contributed by atoms with van der Waals surface area (Å²) in [6.07, 6.45) is 17.1. The van der Waals surface area contributed by atoms with Gasteiger partial charge in [-0.2, -0.15) is 0 Å². The van der Waals surface area contributed by atoms with Crippen LogP contribution in [0, 0.1) is 0 Å². The minimum absolute atomic E-state index is 0.234. The monoisotopic (exact) mass is 529 g/mol. The van der Waals surface area contributed by atoms with Crippen LogP contribution in [0.25, 0.3) is 10.9 Å². The van der Waals surface area contributed by atoms with Crippen LogP contribution in [0.2, 0.25) is 0 Å². The fraction of sp³-hybridized carbons (Fsp3) is 0.533. The first-order chi connectivity index (χ1) is 18.0. The molecule has 1 heterocycles. The summed E-state index contributed by atoms with van der Waals surface area (Å²) in [5, 5.41) is 9.74. The van der Waals surface area contributed by atoms with Crippen LogP contribution in [0.1, 0.15) is 82.6 Å². The number of aromatic nitrogens is 1. The van der Waals surface area contributed by atoms with Crippen molar-refractivity contribution in [3.63, 3.8) is 0 Å². The largest absolute Gasteiger partial charge is 0.497 e. The van der Waals surface area contributed by atoms with E-state index < -0.39 is 10.0 Å². The van der Waals surface area contributed by atoms with Crippen LogP contribution in [-0.4, -0.2) is 38.3 Å². The number of hydrogen-bond donors (Lipinski definition) is 1. The van der Waals surface area contributed by atoms with Gasteiger partial charge in [0.25, 0.3) is 10.0 Å². The first kappa shape index (κ1) is 29.1. The molecular weight excluding hydrogens is 486 g/mol. The number of aliphatic hydroxyl groups is 1. The highest BCUT2D eigenvalue weighted by atomic mass is 32.2. The molecule has 2 aromatic carbocycles. The number of methoxy groups -OCH3 is 2. The van der Waals surface area contributed by atoms with Crippen LogP contribution in [-0.2, 0) is 16.4 Å². The van der Waals surface area contributed by atoms with Crippen LogP contribution < -0.4 is 9.47 Å². The Bertz CT molecular complexity index is 1180. The van der Waals surface area contributed by atoms with E-state index in [4.69, 9.17) is 14.6 Å². The number of benzene rings is 2. The van der Waals surface area contributed by atoms with Gasteiger partial charge in [0.1, 0.15) is 11.5 Å². The van der Waals surface area contributed by atoms with Crippen molar-refractivity contribution in [3.05, 3.63) is 54.2 Å². The number of rotatable bonds is 18. The van der Waals surface area contributed by atoms with Crippen molar-refractivity contribution in [2.75, 3.05) is 20.8 Å². The first-order valence-corrected chi connectivity index (χ1v) is 15.1. The highest BCUT2D eigenvalue weighted by Gasteiger charge is 2.21. The molecule has 0 aliphatic rings. The van der Waals surface area contributed by atoms with Gasteiger partial charge in [-0.3, -0.25) is 0 Å². The maximum absolute atomic E-state index is 13.5. The number of aliphatic hydroxyl groups excluding tert-OH is 1. The van der Waals surface area contributed by atoms with E-state index in [-0.39, 0.29) is 4.90 Å². The number of hydrogen-bond acceptors (Lipinski definition) is 5. The topological polar surface area (TPSA) is 77.8 Å². The summed E-state index contributed by atoms with van der Waals surface area (Å²) in [7, 11) is -0.547. The predicted molar refractivity (Wildman–Crippen MR) is 150 cm³/mol. The Balaban J connectivity index is 1.55. The zero-order valence-electron chi connectivity index (χ0n) is 22.5. The lowest BCUT2D eigenvalue weighted by molar-refractivity contribution is 0.282. The van der Waals surface area contributed by atoms with Gasteiger partial charge in [-0.15, -0.1) is 0 Å². The van der Waals surface area contributed by atoms with Crippen molar-refractivity contribution in [2.45, 2.75) is 88.4 Å². The lowest BCUT2D eigenvalue weighted by atomic mass is 10.0. The molecule has 37 heavy (non-hydrogen) atoms. The van der Waals surface area contributed by atoms with Crippen molar-refractivity contribution in [2.24, 2.45) is 0 Å². The second-order valence-corrected chi connectivity index (χ2v) is 11.5. The van der Waals surface area contributed by atoms with Crippen LogP contribution >= 0.6 is 0 Å². The molecule has 7 heteroatoms. The smallest absolute Gasteiger partial charge is 0.268 e. The Morgan fingerprint density at radius 1 is 0.703 bits per heavy atom. The molecule has 0 bridgehead atoms. The van der Waals surface area contributed by atoms with Gasteiger partial charge in [0.2, 0.25) is 0 Å². The molecule has 0 radical (unpaired) electrons. The fourth-order valence-electron chi connectivity index (χ4n) is 4.83. The summed E-state index contributed by atoms with van der Waals surface area (Å²) in [6.45, 7) is 0.318. The van der Waals surface area contributed by atoms with E-state index in [1.807, 2.05) is 12.1 Å². The zero-order valence-corrected chi connectivity index (χ0v) is 23.3. The maximum Gasteiger partial charge on any atom is 0.268 e. The standard InChI is InChI=1S/C30H43NO5S/c1-35-26-16-19-28(20-17-26)37(33,34)31-24-25(29-23-27(36-2)18-21-30(29)31)15-13-11-9-7-5-3-4-6-8-10-12-14-22-32/h16-21,23-24,32H,3-15,22H2,1-2H3. The van der Waals surface area contributed by atoms with Crippen molar-refractivity contribution < 1.29 is 23.0 Å². The molecule has 6 nitrogen and oxygen atoms in total. The second kappa shape index (κ2) is 15.0. The molecule has 1 N–H and O–H groups in total.